The van der Waals surface area contributed by atoms with E-state index in [1.807, 2.05) is 0 Å². The number of anilines is 1. The van der Waals surface area contributed by atoms with E-state index < -0.39 is 17.5 Å². The van der Waals surface area contributed by atoms with Crippen LogP contribution in [0.4, 0.5) is 14.5 Å². The van der Waals surface area contributed by atoms with Crippen LogP contribution in [-0.4, -0.2) is 32.2 Å². The van der Waals surface area contributed by atoms with Crippen molar-refractivity contribution in [3.63, 3.8) is 0 Å². The van der Waals surface area contributed by atoms with Crippen LogP contribution >= 0.6 is 0 Å². The Labute approximate surface area is 122 Å². The Morgan fingerprint density at radius 3 is 2.57 bits per heavy atom. The van der Waals surface area contributed by atoms with Gasteiger partial charge in [0.25, 0.3) is 5.91 Å². The highest BCUT2D eigenvalue weighted by atomic mass is 19.1. The smallest absolute Gasteiger partial charge is 0.251 e. The van der Waals surface area contributed by atoms with Crippen molar-refractivity contribution in [2.45, 2.75) is 19.8 Å². The minimum Gasteiger partial charge on any atom is -0.381 e. The van der Waals surface area contributed by atoms with Crippen molar-refractivity contribution in [2.24, 2.45) is 5.92 Å². The third-order valence-corrected chi connectivity index (χ3v) is 3.24. The molecule has 1 amide bonds. The molecule has 2 N–H and O–H groups in total. The first-order chi connectivity index (χ1) is 10.1. The lowest BCUT2D eigenvalue weighted by molar-refractivity contribution is 0.0905. The maximum absolute atomic E-state index is 13.7. The van der Waals surface area contributed by atoms with E-state index in [0.29, 0.717) is 25.6 Å². The Hall–Kier alpha value is -1.69. The minimum absolute atomic E-state index is 0.0335. The molecule has 1 aliphatic carbocycles. The van der Waals surface area contributed by atoms with Crippen LogP contribution < -0.4 is 10.6 Å². The minimum atomic E-state index is -0.771. The summed E-state index contributed by atoms with van der Waals surface area (Å²) < 4.78 is 32.7. The summed E-state index contributed by atoms with van der Waals surface area (Å²) in [6.45, 7) is 3.59. The molecule has 0 bridgehead atoms. The van der Waals surface area contributed by atoms with E-state index >= 15 is 0 Å². The van der Waals surface area contributed by atoms with E-state index in [0.717, 1.165) is 18.7 Å². The van der Waals surface area contributed by atoms with Crippen molar-refractivity contribution in [3.05, 3.63) is 29.3 Å². The van der Waals surface area contributed by atoms with Gasteiger partial charge in [0, 0.05) is 25.3 Å². The van der Waals surface area contributed by atoms with Crippen molar-refractivity contribution in [1.29, 1.82) is 0 Å². The van der Waals surface area contributed by atoms with Crippen LogP contribution in [0.2, 0.25) is 0 Å². The Kier molecular flexibility index (Phi) is 5.50. The van der Waals surface area contributed by atoms with E-state index in [1.54, 1.807) is 6.92 Å². The predicted octanol–water partition coefficient (Wildman–Crippen LogP) is 2.55. The highest BCUT2D eigenvalue weighted by Gasteiger charge is 2.21. The summed E-state index contributed by atoms with van der Waals surface area (Å²) in [6, 6.07) is 2.06. The number of benzene rings is 1. The van der Waals surface area contributed by atoms with Gasteiger partial charge in [-0.05, 0) is 37.8 Å². The van der Waals surface area contributed by atoms with Gasteiger partial charge in [-0.3, -0.25) is 4.79 Å². The average molecular weight is 298 g/mol. The standard InChI is InChI=1S/C15H20F2N2O2/c1-2-18-14-12(16)7-11(8-13(14)17)15(20)19-5-6-21-9-10-3-4-10/h7-8,10,18H,2-6,9H2,1H3,(H,19,20). The van der Waals surface area contributed by atoms with Gasteiger partial charge < -0.3 is 15.4 Å². The topological polar surface area (TPSA) is 50.4 Å². The fraction of sp³-hybridized carbons (Fsp3) is 0.533. The van der Waals surface area contributed by atoms with Crippen LogP contribution in [0, 0.1) is 17.6 Å². The largest absolute Gasteiger partial charge is 0.381 e. The van der Waals surface area contributed by atoms with Crippen molar-refractivity contribution >= 4 is 11.6 Å². The summed E-state index contributed by atoms with van der Waals surface area (Å²) in [4.78, 5) is 11.8. The Morgan fingerprint density at radius 2 is 2.00 bits per heavy atom. The first-order valence-electron chi connectivity index (χ1n) is 7.20. The van der Waals surface area contributed by atoms with Gasteiger partial charge in [-0.15, -0.1) is 0 Å². The number of hydrogen-bond acceptors (Lipinski definition) is 3. The molecule has 0 saturated heterocycles. The zero-order valence-corrected chi connectivity index (χ0v) is 12.0. The molecule has 21 heavy (non-hydrogen) atoms. The Balaban J connectivity index is 1.83. The molecule has 1 aromatic rings. The number of halogens is 2. The van der Waals surface area contributed by atoms with E-state index in [1.165, 1.54) is 12.8 Å². The summed E-state index contributed by atoms with van der Waals surface area (Å²) >= 11 is 0. The Morgan fingerprint density at radius 1 is 1.33 bits per heavy atom. The fourth-order valence-electron chi connectivity index (χ4n) is 1.92. The molecule has 1 aromatic carbocycles. The molecular weight excluding hydrogens is 278 g/mol. The molecule has 0 aromatic heterocycles. The van der Waals surface area contributed by atoms with E-state index in [4.69, 9.17) is 4.74 Å². The fourth-order valence-corrected chi connectivity index (χ4v) is 1.92. The quantitative estimate of drug-likeness (QED) is 0.725. The molecule has 116 valence electrons. The van der Waals surface area contributed by atoms with Crippen LogP contribution in [0.15, 0.2) is 12.1 Å². The lowest BCUT2D eigenvalue weighted by Crippen LogP contribution is -2.27. The Bertz CT molecular complexity index is 481. The molecule has 1 aliphatic rings. The molecule has 0 aliphatic heterocycles. The summed E-state index contributed by atoms with van der Waals surface area (Å²) in [6.07, 6.45) is 2.42. The van der Waals surface area contributed by atoms with Crippen LogP contribution in [-0.2, 0) is 4.74 Å². The molecule has 0 unspecified atom stereocenters. The average Bonchev–Trinajstić information content (AvgIpc) is 3.26. The van der Waals surface area contributed by atoms with E-state index in [9.17, 15) is 13.6 Å². The second kappa shape index (κ2) is 7.36. The van der Waals surface area contributed by atoms with Crippen molar-refractivity contribution in [1.82, 2.24) is 5.32 Å². The molecule has 1 fully saturated rings. The highest BCUT2D eigenvalue weighted by molar-refractivity contribution is 5.94. The second-order valence-corrected chi connectivity index (χ2v) is 5.12. The first kappa shape index (κ1) is 15.7. The number of carbonyl (C=O) groups is 1. The monoisotopic (exact) mass is 298 g/mol. The van der Waals surface area contributed by atoms with Crippen molar-refractivity contribution in [2.75, 3.05) is 31.6 Å². The van der Waals surface area contributed by atoms with E-state index in [2.05, 4.69) is 10.6 Å². The van der Waals surface area contributed by atoms with Gasteiger partial charge in [0.2, 0.25) is 0 Å². The van der Waals surface area contributed by atoms with Gasteiger partial charge >= 0.3 is 0 Å². The number of hydrogen-bond donors (Lipinski definition) is 2. The first-order valence-corrected chi connectivity index (χ1v) is 7.20. The molecule has 0 atom stereocenters. The summed E-state index contributed by atoms with van der Waals surface area (Å²) in [7, 11) is 0. The van der Waals surface area contributed by atoms with Gasteiger partial charge in [-0.2, -0.15) is 0 Å². The number of rotatable bonds is 8. The summed E-state index contributed by atoms with van der Waals surface area (Å²) in [5.74, 6) is -1.38. The normalized spacial score (nSPS) is 14.0. The second-order valence-electron chi connectivity index (χ2n) is 5.12. The van der Waals surface area contributed by atoms with Crippen LogP contribution in [0.5, 0.6) is 0 Å². The maximum atomic E-state index is 13.7. The zero-order valence-electron chi connectivity index (χ0n) is 12.0. The molecule has 0 heterocycles. The molecule has 0 spiro atoms. The van der Waals surface area contributed by atoms with Gasteiger partial charge in [0.05, 0.1) is 6.61 Å². The summed E-state index contributed by atoms with van der Waals surface area (Å²) in [5.41, 5.74) is -0.240. The summed E-state index contributed by atoms with van der Waals surface area (Å²) in [5, 5.41) is 5.17. The van der Waals surface area contributed by atoms with Gasteiger partial charge in [0.1, 0.15) is 17.3 Å². The highest BCUT2D eigenvalue weighted by Crippen LogP contribution is 2.28. The van der Waals surface area contributed by atoms with Crippen molar-refractivity contribution < 1.29 is 18.3 Å². The molecule has 2 rings (SSSR count). The van der Waals surface area contributed by atoms with Gasteiger partial charge in [0.15, 0.2) is 0 Å². The third kappa shape index (κ3) is 4.67. The van der Waals surface area contributed by atoms with Crippen LogP contribution in [0.25, 0.3) is 0 Å². The predicted molar refractivity (Wildman–Crippen MR) is 76.4 cm³/mol. The lowest BCUT2D eigenvalue weighted by atomic mass is 10.1. The molecule has 0 radical (unpaired) electrons. The lowest BCUT2D eigenvalue weighted by Gasteiger charge is -2.10. The van der Waals surface area contributed by atoms with Gasteiger partial charge in [-0.25, -0.2) is 8.78 Å². The maximum Gasteiger partial charge on any atom is 0.251 e. The van der Waals surface area contributed by atoms with E-state index in [-0.39, 0.29) is 11.3 Å². The molecule has 4 nitrogen and oxygen atoms in total. The van der Waals surface area contributed by atoms with Gasteiger partial charge in [-0.1, -0.05) is 0 Å². The SMILES string of the molecule is CCNc1c(F)cc(C(=O)NCCOCC2CC2)cc1F. The number of ether oxygens (including phenoxy) is 1. The zero-order chi connectivity index (χ0) is 15.2. The van der Waals surface area contributed by atoms with Crippen LogP contribution in [0.3, 0.4) is 0 Å². The number of nitrogens with one attached hydrogen (secondary N) is 2. The molecular formula is C15H20F2N2O2. The number of amides is 1. The molecule has 6 heteroatoms. The molecule has 1 saturated carbocycles. The third-order valence-electron chi connectivity index (χ3n) is 3.24. The van der Waals surface area contributed by atoms with Crippen molar-refractivity contribution in [3.8, 4) is 0 Å². The number of carbonyl (C=O) groups excluding carboxylic acids is 1. The van der Waals surface area contributed by atoms with Crippen LogP contribution in [0.1, 0.15) is 30.1 Å².